The average Bonchev–Trinajstić information content (AvgIpc) is 3.77. The smallest absolute Gasteiger partial charge is 0.246 e. The van der Waals surface area contributed by atoms with Crippen molar-refractivity contribution in [3.8, 4) is 23.8 Å². The molecule has 2 saturated carbocycles. The van der Waals surface area contributed by atoms with Gasteiger partial charge in [0, 0.05) is 12.0 Å². The highest BCUT2D eigenvalue weighted by atomic mass is 35.5. The van der Waals surface area contributed by atoms with E-state index in [-0.39, 0.29) is 18.4 Å². The third kappa shape index (κ3) is 5.04. The van der Waals surface area contributed by atoms with Crippen LogP contribution in [-0.2, 0) is 0 Å². The quantitative estimate of drug-likeness (QED) is 0.316. The molecule has 34 heavy (non-hydrogen) atoms. The predicted octanol–water partition coefficient (Wildman–Crippen LogP) is 6.52. The first-order chi connectivity index (χ1) is 16.1. The molecule has 5 rings (SSSR count). The number of rotatable bonds is 9. The van der Waals surface area contributed by atoms with E-state index >= 15 is 0 Å². The van der Waals surface area contributed by atoms with Gasteiger partial charge in [-0.2, -0.15) is 4.98 Å². The van der Waals surface area contributed by atoms with E-state index in [2.05, 4.69) is 41.2 Å². The Morgan fingerprint density at radius 2 is 1.94 bits per heavy atom. The number of anilines is 1. The second-order valence-electron chi connectivity index (χ2n) is 9.17. The molecule has 1 unspecified atom stereocenters. The van der Waals surface area contributed by atoms with Crippen LogP contribution in [-0.4, -0.2) is 28.4 Å². The van der Waals surface area contributed by atoms with Gasteiger partial charge >= 0.3 is 0 Å². The van der Waals surface area contributed by atoms with Gasteiger partial charge in [0.1, 0.15) is 11.6 Å². The Balaban J connectivity index is 0.00000274. The third-order valence-electron chi connectivity index (χ3n) is 6.59. The lowest BCUT2D eigenvalue weighted by atomic mass is 9.99. The highest BCUT2D eigenvalue weighted by Crippen LogP contribution is 2.44. The summed E-state index contributed by atoms with van der Waals surface area (Å²) in [5, 5.41) is 5.60. The van der Waals surface area contributed by atoms with Gasteiger partial charge in [0.15, 0.2) is 0 Å². The van der Waals surface area contributed by atoms with Crippen LogP contribution in [0.25, 0.3) is 5.69 Å². The van der Waals surface area contributed by atoms with Crippen molar-refractivity contribution in [3.05, 3.63) is 64.4 Å². The molecule has 7 heteroatoms. The molecule has 0 radical (unpaired) electrons. The lowest BCUT2D eigenvalue weighted by Gasteiger charge is -2.30. The van der Waals surface area contributed by atoms with Crippen LogP contribution in [0.15, 0.2) is 42.5 Å². The highest BCUT2D eigenvalue weighted by Gasteiger charge is 2.35. The molecule has 0 aliphatic heterocycles. The number of ether oxygens (including phenoxy) is 1. The second kappa shape index (κ2) is 10.3. The summed E-state index contributed by atoms with van der Waals surface area (Å²) in [4.78, 5) is 7.24. The monoisotopic (exact) mass is 496 g/mol. The summed E-state index contributed by atoms with van der Waals surface area (Å²) in [6.45, 7) is 2.47. The van der Waals surface area contributed by atoms with E-state index in [0.29, 0.717) is 23.4 Å². The molecule has 5 nitrogen and oxygen atoms in total. The van der Waals surface area contributed by atoms with E-state index in [4.69, 9.17) is 32.8 Å². The lowest BCUT2D eigenvalue weighted by Crippen LogP contribution is -2.30. The number of aromatic nitrogens is 3. The van der Waals surface area contributed by atoms with Crippen LogP contribution in [0.4, 0.5) is 5.95 Å². The van der Waals surface area contributed by atoms with Gasteiger partial charge < -0.3 is 9.64 Å². The number of aryl methyl sites for hydroxylation is 1. The lowest BCUT2D eigenvalue weighted by molar-refractivity contribution is 0.411. The molecule has 2 aliphatic rings. The Morgan fingerprint density at radius 1 is 1.21 bits per heavy atom. The first-order valence-electron chi connectivity index (χ1n) is 11.7. The predicted molar refractivity (Wildman–Crippen MR) is 140 cm³/mol. The van der Waals surface area contributed by atoms with Crippen LogP contribution in [0.1, 0.15) is 61.0 Å². The van der Waals surface area contributed by atoms with E-state index in [9.17, 15) is 0 Å². The molecule has 2 aromatic carbocycles. The summed E-state index contributed by atoms with van der Waals surface area (Å²) in [6.07, 6.45) is 11.7. The number of benzene rings is 2. The fourth-order valence-corrected chi connectivity index (χ4v) is 4.69. The zero-order valence-electron chi connectivity index (χ0n) is 19.6. The molecule has 0 bridgehead atoms. The average molecular weight is 497 g/mol. The van der Waals surface area contributed by atoms with Crippen LogP contribution < -0.4 is 9.64 Å². The molecule has 0 amide bonds. The van der Waals surface area contributed by atoms with E-state index in [0.717, 1.165) is 48.0 Å². The van der Waals surface area contributed by atoms with Crippen LogP contribution in [0.3, 0.4) is 0 Å². The number of hydrogen-bond donors (Lipinski definition) is 0. The normalized spacial score (nSPS) is 15.8. The molecule has 0 saturated heterocycles. The maximum atomic E-state index is 6.68. The molecular weight excluding hydrogens is 467 g/mol. The van der Waals surface area contributed by atoms with Gasteiger partial charge in [0.2, 0.25) is 5.95 Å². The number of halogens is 2. The van der Waals surface area contributed by atoms with Gasteiger partial charge in [-0.1, -0.05) is 60.7 Å². The van der Waals surface area contributed by atoms with Crippen molar-refractivity contribution in [2.24, 2.45) is 5.92 Å². The van der Waals surface area contributed by atoms with E-state index < -0.39 is 0 Å². The van der Waals surface area contributed by atoms with Crippen LogP contribution in [0, 0.1) is 25.2 Å². The maximum Gasteiger partial charge on any atom is 0.246 e. The van der Waals surface area contributed by atoms with Crippen molar-refractivity contribution in [1.82, 2.24) is 14.8 Å². The Kier molecular flexibility index (Phi) is 7.40. The Morgan fingerprint density at radius 3 is 2.56 bits per heavy atom. The molecule has 1 atom stereocenters. The standard InChI is InChI=1S/C27H29ClN4O.ClH/c1-4-14-31(23(16-19-10-11-19)20-8-6-5-7-9-20)27-29-26(21-12-13-21)32(30-27)24-15-18(2)25(33-3)17-22(24)28;/h1,5-9,15,17,19,21,23H,10-14,16H2,2-3H3;1H. The molecule has 178 valence electrons. The van der Waals surface area contributed by atoms with Crippen molar-refractivity contribution in [2.75, 3.05) is 18.6 Å². The summed E-state index contributed by atoms with van der Waals surface area (Å²) < 4.78 is 7.37. The first kappa shape index (κ1) is 24.4. The number of methoxy groups -OCH3 is 1. The molecule has 3 aromatic rings. The van der Waals surface area contributed by atoms with Gasteiger partial charge in [-0.3, -0.25) is 0 Å². The molecule has 0 N–H and O–H groups in total. The fraction of sp³-hybridized carbons (Fsp3) is 0.407. The first-order valence-corrected chi connectivity index (χ1v) is 12.0. The maximum absolute atomic E-state index is 6.68. The summed E-state index contributed by atoms with van der Waals surface area (Å²) in [5.74, 6) is 6.38. The third-order valence-corrected chi connectivity index (χ3v) is 6.89. The molecular formula is C27H30Cl2N4O. The minimum absolute atomic E-state index is 0. The molecule has 0 spiro atoms. The topological polar surface area (TPSA) is 43.2 Å². The van der Waals surface area contributed by atoms with E-state index in [1.807, 2.05) is 23.7 Å². The van der Waals surface area contributed by atoms with Crippen LogP contribution in [0.5, 0.6) is 5.75 Å². The fourth-order valence-electron chi connectivity index (χ4n) is 4.45. The van der Waals surface area contributed by atoms with Gasteiger partial charge in [-0.15, -0.1) is 23.9 Å². The second-order valence-corrected chi connectivity index (χ2v) is 9.57. The summed E-state index contributed by atoms with van der Waals surface area (Å²) in [7, 11) is 1.66. The van der Waals surface area contributed by atoms with Gasteiger partial charge in [0.05, 0.1) is 30.4 Å². The van der Waals surface area contributed by atoms with Crippen LogP contribution >= 0.6 is 24.0 Å². The summed E-state index contributed by atoms with van der Waals surface area (Å²) in [5.41, 5.74) is 3.09. The minimum Gasteiger partial charge on any atom is -0.496 e. The van der Waals surface area contributed by atoms with Crippen molar-refractivity contribution in [2.45, 2.75) is 51.0 Å². The number of hydrogen-bond acceptors (Lipinski definition) is 4. The molecule has 1 heterocycles. The van der Waals surface area contributed by atoms with Gasteiger partial charge in [-0.25, -0.2) is 4.68 Å². The van der Waals surface area contributed by atoms with E-state index in [1.54, 1.807) is 7.11 Å². The van der Waals surface area contributed by atoms with Crippen molar-refractivity contribution >= 4 is 30.0 Å². The molecule has 1 aromatic heterocycles. The zero-order chi connectivity index (χ0) is 22.9. The Bertz CT molecular complexity index is 1180. The van der Waals surface area contributed by atoms with Crippen molar-refractivity contribution in [1.29, 1.82) is 0 Å². The Labute approximate surface area is 212 Å². The van der Waals surface area contributed by atoms with Crippen molar-refractivity contribution < 1.29 is 4.74 Å². The summed E-state index contributed by atoms with van der Waals surface area (Å²) in [6, 6.07) is 14.6. The summed E-state index contributed by atoms with van der Waals surface area (Å²) >= 11 is 6.68. The number of nitrogens with zero attached hydrogens (tertiary/aromatic N) is 4. The number of terminal acetylenes is 1. The van der Waals surface area contributed by atoms with Crippen LogP contribution in [0.2, 0.25) is 5.02 Å². The van der Waals surface area contributed by atoms with Gasteiger partial charge in [0.25, 0.3) is 0 Å². The largest absolute Gasteiger partial charge is 0.496 e. The highest BCUT2D eigenvalue weighted by molar-refractivity contribution is 6.32. The SMILES string of the molecule is C#CCN(c1nc(C2CC2)n(-c2cc(C)c(OC)cc2Cl)n1)C(CC1CC1)c1ccccc1.Cl. The van der Waals surface area contributed by atoms with E-state index in [1.165, 1.54) is 18.4 Å². The Hall–Kier alpha value is -2.68. The minimum atomic E-state index is 0. The van der Waals surface area contributed by atoms with Gasteiger partial charge in [-0.05, 0) is 49.3 Å². The molecule has 2 aliphatic carbocycles. The molecule has 2 fully saturated rings. The zero-order valence-corrected chi connectivity index (χ0v) is 21.1. The van der Waals surface area contributed by atoms with Crippen molar-refractivity contribution in [3.63, 3.8) is 0 Å².